The Hall–Kier alpha value is -2.23. The molecule has 26 heavy (non-hydrogen) atoms. The molecule has 9 heteroatoms. The highest BCUT2D eigenvalue weighted by Crippen LogP contribution is 2.31. The maximum absolute atomic E-state index is 12.2. The lowest BCUT2D eigenvalue weighted by molar-refractivity contribution is -0.122. The van der Waals surface area contributed by atoms with E-state index in [1.165, 1.54) is 4.31 Å². The molecule has 2 heterocycles. The summed E-state index contributed by atoms with van der Waals surface area (Å²) in [4.78, 5) is 12.8. The third-order valence-electron chi connectivity index (χ3n) is 4.20. The number of ether oxygens (including phenoxy) is 1. The van der Waals surface area contributed by atoms with Gasteiger partial charge in [-0.05, 0) is 0 Å². The lowest BCUT2D eigenvalue weighted by Crippen LogP contribution is -2.32. The molecule has 2 atom stereocenters. The van der Waals surface area contributed by atoms with E-state index in [9.17, 15) is 8.42 Å². The lowest BCUT2D eigenvalue weighted by atomic mass is 10.1. The molecule has 0 radical (unpaired) electrons. The van der Waals surface area contributed by atoms with E-state index in [-0.39, 0.29) is 24.2 Å². The van der Waals surface area contributed by atoms with Crippen LogP contribution in [0.1, 0.15) is 6.04 Å². The van der Waals surface area contributed by atoms with Gasteiger partial charge in [-0.25, -0.2) is 17.7 Å². The average molecular weight is 381 g/mol. The third-order valence-corrected chi connectivity index (χ3v) is 6.17. The highest BCUT2D eigenvalue weighted by molar-refractivity contribution is 7.89. The molecular formula is C17H23N3O5S. The van der Waals surface area contributed by atoms with E-state index in [1.54, 1.807) is 20.3 Å². The number of hydrogen-bond acceptors (Lipinski definition) is 5. The van der Waals surface area contributed by atoms with Crippen molar-refractivity contribution >= 4 is 16.5 Å². The predicted octanol–water partition coefficient (Wildman–Crippen LogP) is 1.33. The molecule has 1 saturated heterocycles. The maximum Gasteiger partial charge on any atom is 0.290 e. The smallest absolute Gasteiger partial charge is 0.290 e. The van der Waals surface area contributed by atoms with Gasteiger partial charge < -0.3 is 14.4 Å². The highest BCUT2D eigenvalue weighted by atomic mass is 32.2. The summed E-state index contributed by atoms with van der Waals surface area (Å²) < 4.78 is 33.3. The molecular weight excluding hydrogens is 358 g/mol. The monoisotopic (exact) mass is 381 g/mol. The summed E-state index contributed by atoms with van der Waals surface area (Å²) in [5.41, 5.74) is 1.01. The van der Waals surface area contributed by atoms with Crippen LogP contribution in [-0.4, -0.2) is 66.9 Å². The van der Waals surface area contributed by atoms with E-state index in [2.05, 4.69) is 4.98 Å². The molecule has 1 aliphatic heterocycles. The molecule has 142 valence electrons. The van der Waals surface area contributed by atoms with Gasteiger partial charge in [0.05, 0.1) is 25.0 Å². The Morgan fingerprint density at radius 3 is 2.58 bits per heavy atom. The first-order chi connectivity index (χ1) is 12.4. The van der Waals surface area contributed by atoms with Gasteiger partial charge in [-0.3, -0.25) is 4.79 Å². The highest BCUT2D eigenvalue weighted by Gasteiger charge is 2.35. The van der Waals surface area contributed by atoms with Crippen LogP contribution in [0.4, 0.5) is 0 Å². The lowest BCUT2D eigenvalue weighted by Gasteiger charge is -2.22. The van der Waals surface area contributed by atoms with Crippen LogP contribution in [0.2, 0.25) is 0 Å². The summed E-state index contributed by atoms with van der Waals surface area (Å²) >= 11 is 0. The molecule has 1 aromatic carbocycles. The van der Waals surface area contributed by atoms with Gasteiger partial charge in [0.2, 0.25) is 10.0 Å². The fraction of sp³-hybridized carbons (Fsp3) is 0.412. The van der Waals surface area contributed by atoms with Crippen molar-refractivity contribution in [2.45, 2.75) is 6.04 Å². The number of hydrogen-bond donors (Lipinski definition) is 1. The number of carboxylic acid groups (broad SMARTS) is 1. The van der Waals surface area contributed by atoms with E-state index in [0.29, 0.717) is 13.2 Å². The molecule has 2 aromatic rings. The molecule has 0 bridgehead atoms. The van der Waals surface area contributed by atoms with Crippen molar-refractivity contribution in [2.75, 3.05) is 33.1 Å². The third kappa shape index (κ3) is 4.69. The molecule has 3 rings (SSSR count). The molecule has 1 aliphatic rings. The number of sulfonamides is 1. The van der Waals surface area contributed by atoms with Crippen molar-refractivity contribution in [1.29, 1.82) is 0 Å². The minimum atomic E-state index is -3.26. The maximum atomic E-state index is 12.2. The Bertz CT molecular complexity index is 805. The molecule has 1 N–H and O–H groups in total. The quantitative estimate of drug-likeness (QED) is 0.784. The number of aromatic nitrogens is 2. The summed E-state index contributed by atoms with van der Waals surface area (Å²) in [5.74, 6) is 0.837. The van der Waals surface area contributed by atoms with Crippen molar-refractivity contribution in [1.82, 2.24) is 13.9 Å². The van der Waals surface area contributed by atoms with Crippen LogP contribution in [-0.2, 0) is 19.6 Å². The topological polar surface area (TPSA) is 102 Å². The van der Waals surface area contributed by atoms with Crippen LogP contribution in [0.3, 0.4) is 0 Å². The van der Waals surface area contributed by atoms with Crippen LogP contribution in [0.15, 0.2) is 42.7 Å². The summed E-state index contributed by atoms with van der Waals surface area (Å²) in [6.07, 6.45) is 3.65. The molecule has 0 amide bonds. The van der Waals surface area contributed by atoms with E-state index in [1.807, 2.05) is 41.1 Å². The first-order valence-electron chi connectivity index (χ1n) is 8.04. The molecule has 0 saturated carbocycles. The fourth-order valence-electron chi connectivity index (χ4n) is 2.87. The molecule has 8 nitrogen and oxygen atoms in total. The first kappa shape index (κ1) is 20.1. The molecule has 1 aromatic heterocycles. The first-order valence-corrected chi connectivity index (χ1v) is 9.65. The Morgan fingerprint density at radius 2 is 1.96 bits per heavy atom. The number of benzene rings is 1. The molecule has 1 fully saturated rings. The predicted molar refractivity (Wildman–Crippen MR) is 97.2 cm³/mol. The number of rotatable bonds is 5. The van der Waals surface area contributed by atoms with Gasteiger partial charge in [-0.2, -0.15) is 0 Å². The van der Waals surface area contributed by atoms with E-state index in [0.717, 1.165) is 11.4 Å². The Morgan fingerprint density at radius 1 is 1.31 bits per heavy atom. The average Bonchev–Trinajstić information content (AvgIpc) is 3.24. The van der Waals surface area contributed by atoms with Gasteiger partial charge in [0, 0.05) is 38.0 Å². The zero-order valence-corrected chi connectivity index (χ0v) is 15.5. The summed E-state index contributed by atoms with van der Waals surface area (Å²) in [6.45, 7) is 0.702. The summed E-state index contributed by atoms with van der Waals surface area (Å²) in [6, 6.07) is 9.87. The van der Waals surface area contributed by atoms with Crippen LogP contribution in [0, 0.1) is 5.92 Å². The zero-order valence-electron chi connectivity index (χ0n) is 14.7. The second kappa shape index (κ2) is 8.93. The largest absolute Gasteiger partial charge is 0.483 e. The Labute approximate surface area is 153 Å². The summed E-state index contributed by atoms with van der Waals surface area (Å²) in [7, 11) is -0.139. The van der Waals surface area contributed by atoms with Gasteiger partial charge in [0.1, 0.15) is 5.82 Å². The Balaban J connectivity index is 0.000000758. The minimum absolute atomic E-state index is 0.0255. The van der Waals surface area contributed by atoms with Crippen LogP contribution in [0.25, 0.3) is 11.4 Å². The van der Waals surface area contributed by atoms with Crippen molar-refractivity contribution in [3.05, 3.63) is 42.7 Å². The van der Waals surface area contributed by atoms with Gasteiger partial charge in [-0.15, -0.1) is 0 Å². The second-order valence-corrected chi connectivity index (χ2v) is 8.28. The number of carbonyl (C=O) groups is 1. The number of nitrogens with zero attached hydrogens (tertiary/aromatic N) is 3. The number of imidazole rings is 1. The van der Waals surface area contributed by atoms with E-state index < -0.39 is 10.0 Å². The minimum Gasteiger partial charge on any atom is -0.483 e. The summed E-state index contributed by atoms with van der Waals surface area (Å²) in [5, 5.41) is 6.89. The van der Waals surface area contributed by atoms with Gasteiger partial charge in [-0.1, -0.05) is 30.3 Å². The van der Waals surface area contributed by atoms with Crippen molar-refractivity contribution in [3.8, 4) is 11.4 Å². The van der Waals surface area contributed by atoms with Crippen LogP contribution >= 0.6 is 0 Å². The normalized spacial score (nSPS) is 19.8. The van der Waals surface area contributed by atoms with Gasteiger partial charge in [0.15, 0.2) is 0 Å². The van der Waals surface area contributed by atoms with Crippen molar-refractivity contribution in [2.24, 2.45) is 5.92 Å². The van der Waals surface area contributed by atoms with Gasteiger partial charge in [0.25, 0.3) is 6.47 Å². The standard InChI is InChI=1S/C16H21N3O3S.CH2O2/c1-18(2)23(20,21)12-14-10-22-11-15(14)19-9-8-17-16(19)13-6-4-3-5-7-13;2-1-3/h3-9,14-15H,10-12H2,1-2H3;1H,(H,2,3)/t14-,15+;/m0./s1. The molecule has 0 unspecified atom stereocenters. The fourth-order valence-corrected chi connectivity index (χ4v) is 4.02. The van der Waals surface area contributed by atoms with Gasteiger partial charge >= 0.3 is 0 Å². The SMILES string of the molecule is CN(C)S(=O)(=O)C[C@@H]1COC[C@H]1n1ccnc1-c1ccccc1.O=CO. The van der Waals surface area contributed by atoms with E-state index in [4.69, 9.17) is 14.6 Å². The van der Waals surface area contributed by atoms with Crippen molar-refractivity contribution < 1.29 is 23.1 Å². The molecule has 0 aliphatic carbocycles. The van der Waals surface area contributed by atoms with Crippen LogP contribution < -0.4 is 0 Å². The molecule has 0 spiro atoms. The van der Waals surface area contributed by atoms with Crippen molar-refractivity contribution in [3.63, 3.8) is 0 Å². The van der Waals surface area contributed by atoms with E-state index >= 15 is 0 Å². The Kier molecular flexibility index (Phi) is 6.90. The van der Waals surface area contributed by atoms with Crippen LogP contribution in [0.5, 0.6) is 0 Å². The zero-order chi connectivity index (χ0) is 19.2. The second-order valence-electron chi connectivity index (χ2n) is 6.06.